The monoisotopic (exact) mass is 626 g/mol. The summed E-state index contributed by atoms with van der Waals surface area (Å²) in [7, 11) is 3.70. The number of likely N-dealkylation sites (tertiary alicyclic amines) is 1. The maximum atomic E-state index is 17.1. The van der Waals surface area contributed by atoms with E-state index in [1.54, 1.807) is 7.11 Å². The van der Waals surface area contributed by atoms with Crippen molar-refractivity contribution in [1.82, 2.24) is 19.8 Å². The van der Waals surface area contributed by atoms with Gasteiger partial charge < -0.3 is 19.3 Å². The molecule has 5 atom stereocenters. The van der Waals surface area contributed by atoms with Gasteiger partial charge in [0.05, 0.1) is 36.4 Å². The number of anilines is 1. The van der Waals surface area contributed by atoms with Crippen LogP contribution in [0.3, 0.4) is 0 Å². The summed E-state index contributed by atoms with van der Waals surface area (Å²) in [5.74, 6) is -1.36. The number of alkyl halides is 1. The van der Waals surface area contributed by atoms with Crippen molar-refractivity contribution in [2.75, 3.05) is 51.8 Å². The smallest absolute Gasteiger partial charge is 0.318 e. The Morgan fingerprint density at radius 1 is 1.23 bits per heavy atom. The molecule has 1 aromatic carbocycles. The second-order valence-corrected chi connectivity index (χ2v) is 12.7. The highest BCUT2D eigenvalue weighted by Crippen LogP contribution is 2.56. The standard InChI is InChI=1S/C32H37ClF2N6O3/c1-19(34)30(42)41-16-15-40(17-20(41)9-13-36)29-22-8-12-32(11-7-21-23(32)5-4-6-24(21)33)28(35)27(22)37-31(38-29)44-18-25-26(43-3)10-14-39(25)2/h4-6,20,25-26,28H,1,7-12,14-18H2,2-3H3/t20-,25+,26-,28-,32+/m0/s1. The lowest BCUT2D eigenvalue weighted by molar-refractivity contribution is -0.131. The number of rotatable bonds is 7. The number of benzene rings is 1. The third kappa shape index (κ3) is 5.21. The number of nitriles is 1. The first kappa shape index (κ1) is 30.7. The molecular formula is C32H37ClF2N6O3. The lowest BCUT2D eigenvalue weighted by atomic mass is 9.68. The molecule has 1 spiro atoms. The molecule has 9 nitrogen and oxygen atoms in total. The summed E-state index contributed by atoms with van der Waals surface area (Å²) in [5, 5.41) is 10.2. The van der Waals surface area contributed by atoms with Crippen LogP contribution in [-0.4, -0.2) is 90.8 Å². The van der Waals surface area contributed by atoms with E-state index in [9.17, 15) is 14.4 Å². The lowest BCUT2D eigenvalue weighted by Gasteiger charge is -2.43. The molecule has 0 unspecified atom stereocenters. The molecule has 4 aliphatic rings. The fourth-order valence-electron chi connectivity index (χ4n) is 7.66. The molecule has 12 heteroatoms. The van der Waals surface area contributed by atoms with Crippen molar-refractivity contribution >= 4 is 23.3 Å². The summed E-state index contributed by atoms with van der Waals surface area (Å²) in [6.45, 7) is 5.01. The van der Waals surface area contributed by atoms with Crippen LogP contribution < -0.4 is 9.64 Å². The Labute approximate surface area is 261 Å². The zero-order valence-corrected chi connectivity index (χ0v) is 25.8. The van der Waals surface area contributed by atoms with Gasteiger partial charge in [-0.05, 0) is 56.3 Å². The van der Waals surface area contributed by atoms with Gasteiger partial charge in [0.25, 0.3) is 5.91 Å². The minimum Gasteiger partial charge on any atom is -0.462 e. The lowest BCUT2D eigenvalue weighted by Crippen LogP contribution is -2.55. The molecule has 234 valence electrons. The number of ether oxygens (including phenoxy) is 2. The van der Waals surface area contributed by atoms with Gasteiger partial charge in [0.2, 0.25) is 0 Å². The number of halogens is 3. The minimum atomic E-state index is -1.41. The molecule has 2 aromatic rings. The zero-order chi connectivity index (χ0) is 31.2. The number of likely N-dealkylation sites (N-methyl/N-ethyl adjacent to an activating group) is 1. The van der Waals surface area contributed by atoms with Crippen LogP contribution in [0.1, 0.15) is 54.2 Å². The number of hydrogen-bond acceptors (Lipinski definition) is 8. The van der Waals surface area contributed by atoms with E-state index in [2.05, 4.69) is 17.5 Å². The number of piperazine rings is 1. The molecule has 1 aromatic heterocycles. The van der Waals surface area contributed by atoms with Crippen molar-refractivity contribution in [3.63, 3.8) is 0 Å². The van der Waals surface area contributed by atoms with Gasteiger partial charge in [0, 0.05) is 49.3 Å². The van der Waals surface area contributed by atoms with Crippen LogP contribution in [0.2, 0.25) is 5.02 Å². The van der Waals surface area contributed by atoms with E-state index in [0.29, 0.717) is 54.3 Å². The molecule has 0 radical (unpaired) electrons. The van der Waals surface area contributed by atoms with E-state index in [1.165, 1.54) is 4.90 Å². The number of aromatic nitrogens is 2. The van der Waals surface area contributed by atoms with Crippen molar-refractivity contribution in [3.8, 4) is 12.1 Å². The molecule has 1 amide bonds. The zero-order valence-electron chi connectivity index (χ0n) is 25.1. The number of amides is 1. The Morgan fingerprint density at radius 2 is 2.00 bits per heavy atom. The van der Waals surface area contributed by atoms with Crippen LogP contribution in [0.5, 0.6) is 6.01 Å². The average molecular weight is 627 g/mol. The number of carbonyl (C=O) groups is 1. The topological polar surface area (TPSA) is 94.8 Å². The largest absolute Gasteiger partial charge is 0.462 e. The van der Waals surface area contributed by atoms with E-state index in [0.717, 1.165) is 24.1 Å². The van der Waals surface area contributed by atoms with Crippen LogP contribution in [0.4, 0.5) is 14.6 Å². The van der Waals surface area contributed by atoms with Gasteiger partial charge in [-0.25, -0.2) is 8.78 Å². The highest BCUT2D eigenvalue weighted by atomic mass is 35.5. The summed E-state index contributed by atoms with van der Waals surface area (Å²) < 4.78 is 42.8. The van der Waals surface area contributed by atoms with Gasteiger partial charge in [0.1, 0.15) is 12.4 Å². The number of fused-ring (bicyclic) bond motifs is 3. The Bertz CT molecular complexity index is 1500. The highest BCUT2D eigenvalue weighted by Gasteiger charge is 2.51. The molecule has 2 saturated heterocycles. The second kappa shape index (κ2) is 12.2. The van der Waals surface area contributed by atoms with Crippen molar-refractivity contribution < 1.29 is 23.0 Å². The highest BCUT2D eigenvalue weighted by molar-refractivity contribution is 6.31. The summed E-state index contributed by atoms with van der Waals surface area (Å²) in [4.78, 5) is 27.5. The predicted molar refractivity (Wildman–Crippen MR) is 161 cm³/mol. The van der Waals surface area contributed by atoms with Gasteiger partial charge >= 0.3 is 6.01 Å². The van der Waals surface area contributed by atoms with Crippen LogP contribution in [-0.2, 0) is 27.8 Å². The normalized spacial score (nSPS) is 28.1. The van der Waals surface area contributed by atoms with E-state index >= 15 is 4.39 Å². The first-order valence-electron chi connectivity index (χ1n) is 15.1. The summed E-state index contributed by atoms with van der Waals surface area (Å²) >= 11 is 6.54. The molecule has 0 saturated carbocycles. The molecule has 0 bridgehead atoms. The summed E-state index contributed by atoms with van der Waals surface area (Å²) in [6, 6.07) is 7.30. The van der Waals surface area contributed by atoms with E-state index in [-0.39, 0.29) is 44.3 Å². The molecule has 2 aliphatic carbocycles. The molecule has 0 N–H and O–H groups in total. The first-order chi connectivity index (χ1) is 21.2. The fraction of sp³-hybridized carbons (Fsp3) is 0.562. The predicted octanol–water partition coefficient (Wildman–Crippen LogP) is 4.48. The minimum absolute atomic E-state index is 0.00311. The maximum absolute atomic E-state index is 17.1. The van der Waals surface area contributed by atoms with Gasteiger partial charge in [-0.3, -0.25) is 9.69 Å². The fourth-order valence-corrected chi connectivity index (χ4v) is 7.93. The molecule has 3 heterocycles. The molecular weight excluding hydrogens is 590 g/mol. The molecule has 2 aliphatic heterocycles. The molecule has 6 rings (SSSR count). The summed E-state index contributed by atoms with van der Waals surface area (Å²) in [6.07, 6.45) is 1.90. The van der Waals surface area contributed by atoms with Gasteiger partial charge in [-0.15, -0.1) is 0 Å². The van der Waals surface area contributed by atoms with Crippen molar-refractivity contribution in [1.29, 1.82) is 5.26 Å². The average Bonchev–Trinajstić information content (AvgIpc) is 3.58. The number of methoxy groups -OCH3 is 1. The summed E-state index contributed by atoms with van der Waals surface area (Å²) in [5.41, 5.74) is 2.19. The Balaban J connectivity index is 1.37. The molecule has 2 fully saturated rings. The number of hydrogen-bond donors (Lipinski definition) is 0. The van der Waals surface area contributed by atoms with E-state index < -0.39 is 29.4 Å². The van der Waals surface area contributed by atoms with Crippen molar-refractivity contribution in [2.24, 2.45) is 0 Å². The van der Waals surface area contributed by atoms with Crippen LogP contribution in [0, 0.1) is 11.3 Å². The number of nitrogens with zero attached hydrogens (tertiary/aromatic N) is 6. The van der Waals surface area contributed by atoms with E-state index in [1.807, 2.05) is 30.1 Å². The quantitative estimate of drug-likeness (QED) is 0.415. The van der Waals surface area contributed by atoms with Crippen molar-refractivity contribution in [3.05, 3.63) is 58.0 Å². The number of carbonyl (C=O) groups excluding carboxylic acids is 1. The van der Waals surface area contributed by atoms with E-state index in [4.69, 9.17) is 31.0 Å². The second-order valence-electron chi connectivity index (χ2n) is 12.3. The first-order valence-corrected chi connectivity index (χ1v) is 15.5. The Hall–Kier alpha value is -3.33. The Kier molecular flexibility index (Phi) is 8.52. The van der Waals surface area contributed by atoms with Crippen molar-refractivity contribution in [2.45, 2.75) is 68.3 Å². The maximum Gasteiger partial charge on any atom is 0.318 e. The third-order valence-electron chi connectivity index (χ3n) is 10.1. The molecule has 44 heavy (non-hydrogen) atoms. The van der Waals surface area contributed by atoms with Crippen LogP contribution in [0.15, 0.2) is 30.6 Å². The van der Waals surface area contributed by atoms with Gasteiger partial charge in [-0.2, -0.15) is 15.2 Å². The van der Waals surface area contributed by atoms with Gasteiger partial charge in [-0.1, -0.05) is 30.3 Å². The van der Waals surface area contributed by atoms with Gasteiger partial charge in [0.15, 0.2) is 12.0 Å². The van der Waals surface area contributed by atoms with Crippen LogP contribution in [0.25, 0.3) is 0 Å². The third-order valence-corrected chi connectivity index (χ3v) is 10.4. The Morgan fingerprint density at radius 3 is 2.73 bits per heavy atom. The SMILES string of the molecule is C=C(F)C(=O)N1CCN(c2nc(OC[C@@H]3[C@@H](OC)CCN3C)nc3c2CC[C@@]2(CCc4c(Cl)cccc42)[C@H]3F)C[C@@H]1CC#N. The van der Waals surface area contributed by atoms with Crippen LogP contribution >= 0.6 is 11.6 Å².